The van der Waals surface area contributed by atoms with Crippen LogP contribution in [0.4, 0.5) is 0 Å². The van der Waals surface area contributed by atoms with Gasteiger partial charge in [0.1, 0.15) is 0 Å². The minimum absolute atomic E-state index is 0. The molecule has 0 N–H and O–H groups in total. The van der Waals surface area contributed by atoms with E-state index in [2.05, 4.69) is 19.7 Å². The number of hydrogen-bond acceptors (Lipinski definition) is 0. The molecule has 3 aromatic rings. The van der Waals surface area contributed by atoms with Gasteiger partial charge in [0.05, 0.1) is 0 Å². The average Bonchev–Trinajstić information content (AvgIpc) is 2.71. The van der Waals surface area contributed by atoms with E-state index in [1.54, 1.807) is 18.6 Å². The molecule has 144 valence electrons. The maximum absolute atomic E-state index is 3.59. The molecule has 0 radical (unpaired) electrons. The van der Waals surface area contributed by atoms with Crippen molar-refractivity contribution in [1.29, 1.82) is 0 Å². The van der Waals surface area contributed by atoms with Crippen molar-refractivity contribution in [2.24, 2.45) is 0 Å². The lowest BCUT2D eigenvalue weighted by atomic mass is 10.5. The molecular formula is C21H24Br3N3. The molecule has 6 heteroatoms. The molecule has 27 heavy (non-hydrogen) atoms. The smallest absolute Gasteiger partial charge is 0.174 e. The van der Waals surface area contributed by atoms with Crippen LogP contribution in [-0.4, -0.2) is 0 Å². The van der Waals surface area contributed by atoms with E-state index < -0.39 is 0 Å². The van der Waals surface area contributed by atoms with Gasteiger partial charge in [-0.25, -0.2) is 0 Å². The molecule has 0 aliphatic rings. The summed E-state index contributed by atoms with van der Waals surface area (Å²) in [6.45, 7) is 10.8. The van der Waals surface area contributed by atoms with Gasteiger partial charge in [-0.2, -0.15) is 13.7 Å². The predicted molar refractivity (Wildman–Crippen MR) is 99.1 cm³/mol. The molecule has 0 amide bonds. The Balaban J connectivity index is -0.000000303. The molecule has 3 rings (SSSR count). The Morgan fingerprint density at radius 1 is 0.370 bits per heavy atom. The van der Waals surface area contributed by atoms with Gasteiger partial charge in [0.2, 0.25) is 0 Å². The second kappa shape index (κ2) is 20.4. The highest BCUT2D eigenvalue weighted by Crippen LogP contribution is 1.76. The molecule has 3 aromatic heterocycles. The summed E-state index contributed by atoms with van der Waals surface area (Å²) < 4.78 is 5.67. The zero-order valence-electron chi connectivity index (χ0n) is 15.0. The van der Waals surface area contributed by atoms with Crippen molar-refractivity contribution in [3.05, 3.63) is 112 Å². The van der Waals surface area contributed by atoms with Crippen molar-refractivity contribution in [1.82, 2.24) is 0 Å². The number of hydrogen-bond donors (Lipinski definition) is 0. The van der Waals surface area contributed by atoms with E-state index in [4.69, 9.17) is 0 Å². The standard InChI is InChI=1S/3C7H8N.3BrH/c3*1-2-8-6-4-3-5-7-8;;;/h3*2-7H,1H2;3*1H/q3*+1;;;/p-3. The summed E-state index contributed by atoms with van der Waals surface area (Å²) in [6, 6.07) is 17.7. The van der Waals surface area contributed by atoms with Crippen molar-refractivity contribution in [3.8, 4) is 0 Å². The van der Waals surface area contributed by atoms with Crippen LogP contribution in [0, 0.1) is 0 Å². The quantitative estimate of drug-likeness (QED) is 0.285. The maximum atomic E-state index is 3.59. The Hall–Kier alpha value is -1.89. The second-order valence-corrected chi connectivity index (χ2v) is 4.52. The fourth-order valence-corrected chi connectivity index (χ4v) is 1.60. The third kappa shape index (κ3) is 14.9. The molecule has 0 unspecified atom stereocenters. The Morgan fingerprint density at radius 3 is 0.667 bits per heavy atom. The molecule has 0 aromatic carbocycles. The summed E-state index contributed by atoms with van der Waals surface area (Å²) in [5, 5.41) is 0. The average molecular weight is 558 g/mol. The molecule has 0 aliphatic carbocycles. The first-order chi connectivity index (χ1) is 11.8. The molecule has 3 nitrogen and oxygen atoms in total. The molecule has 0 atom stereocenters. The van der Waals surface area contributed by atoms with E-state index in [1.807, 2.05) is 105 Å². The van der Waals surface area contributed by atoms with E-state index in [1.165, 1.54) is 0 Å². The zero-order chi connectivity index (χ0) is 17.5. The summed E-state index contributed by atoms with van der Waals surface area (Å²) in [6.07, 6.45) is 16.9. The van der Waals surface area contributed by atoms with Crippen LogP contribution in [0.5, 0.6) is 0 Å². The van der Waals surface area contributed by atoms with Crippen LogP contribution in [-0.2, 0) is 0 Å². The number of halogens is 3. The summed E-state index contributed by atoms with van der Waals surface area (Å²) >= 11 is 0. The maximum Gasteiger partial charge on any atom is 0.174 e. The molecule has 0 fully saturated rings. The molecule has 0 saturated heterocycles. The predicted octanol–water partition coefficient (Wildman–Crippen LogP) is -5.76. The molecule has 0 spiro atoms. The Bertz CT molecular complexity index is 618. The van der Waals surface area contributed by atoms with Gasteiger partial charge >= 0.3 is 0 Å². The summed E-state index contributed by atoms with van der Waals surface area (Å²) in [7, 11) is 0. The molecule has 0 aliphatic heterocycles. The highest BCUT2D eigenvalue weighted by Gasteiger charge is 1.84. The van der Waals surface area contributed by atoms with Crippen LogP contribution < -0.4 is 64.6 Å². The highest BCUT2D eigenvalue weighted by molar-refractivity contribution is 4.98. The van der Waals surface area contributed by atoms with Crippen LogP contribution in [0.2, 0.25) is 0 Å². The van der Waals surface area contributed by atoms with E-state index in [-0.39, 0.29) is 50.9 Å². The normalized spacial score (nSPS) is 7.56. The van der Waals surface area contributed by atoms with Gasteiger partial charge < -0.3 is 50.9 Å². The van der Waals surface area contributed by atoms with Gasteiger partial charge in [-0.3, -0.25) is 0 Å². The summed E-state index contributed by atoms with van der Waals surface area (Å²) in [5.74, 6) is 0. The summed E-state index contributed by atoms with van der Waals surface area (Å²) in [5.41, 5.74) is 0. The van der Waals surface area contributed by atoms with Crippen molar-refractivity contribution in [2.45, 2.75) is 0 Å². The highest BCUT2D eigenvalue weighted by atomic mass is 79.9. The fraction of sp³-hybridized carbons (Fsp3) is 0. The van der Waals surface area contributed by atoms with Crippen molar-refractivity contribution >= 4 is 18.6 Å². The largest absolute Gasteiger partial charge is 1.00 e. The third-order valence-corrected chi connectivity index (χ3v) is 2.85. The van der Waals surface area contributed by atoms with Crippen molar-refractivity contribution in [3.63, 3.8) is 0 Å². The van der Waals surface area contributed by atoms with Crippen molar-refractivity contribution in [2.75, 3.05) is 0 Å². The minimum atomic E-state index is 0. The van der Waals surface area contributed by atoms with E-state index in [9.17, 15) is 0 Å². The Kier molecular flexibility index (Phi) is 22.6. The monoisotopic (exact) mass is 555 g/mol. The topological polar surface area (TPSA) is 11.6 Å². The first kappa shape index (κ1) is 29.9. The van der Waals surface area contributed by atoms with Crippen LogP contribution in [0.15, 0.2) is 112 Å². The number of rotatable bonds is 3. The van der Waals surface area contributed by atoms with Crippen LogP contribution in [0.1, 0.15) is 0 Å². The van der Waals surface area contributed by atoms with Gasteiger partial charge in [0.15, 0.2) is 55.8 Å². The van der Waals surface area contributed by atoms with E-state index >= 15 is 0 Å². The van der Waals surface area contributed by atoms with Gasteiger partial charge in [0.25, 0.3) is 0 Å². The Morgan fingerprint density at radius 2 is 0.556 bits per heavy atom. The Labute approximate surface area is 194 Å². The zero-order valence-corrected chi connectivity index (χ0v) is 19.7. The van der Waals surface area contributed by atoms with Gasteiger partial charge in [-0.1, -0.05) is 18.2 Å². The third-order valence-electron chi connectivity index (χ3n) is 2.85. The van der Waals surface area contributed by atoms with Gasteiger partial charge in [-0.15, -0.1) is 0 Å². The molecule has 3 heterocycles. The first-order valence-electron chi connectivity index (χ1n) is 7.55. The van der Waals surface area contributed by atoms with Crippen molar-refractivity contribution < 1.29 is 64.6 Å². The second-order valence-electron chi connectivity index (χ2n) is 4.52. The van der Waals surface area contributed by atoms with Crippen LogP contribution in [0.3, 0.4) is 0 Å². The lowest BCUT2D eigenvalue weighted by Gasteiger charge is -1.79. The SMILES string of the molecule is C=C[n+]1ccccc1.C=C[n+]1ccccc1.C=C[n+]1ccccc1.[Br-].[Br-].[Br-]. The van der Waals surface area contributed by atoms with Gasteiger partial charge in [0, 0.05) is 36.4 Å². The fourth-order valence-electron chi connectivity index (χ4n) is 1.60. The first-order valence-corrected chi connectivity index (χ1v) is 7.55. The lowest BCUT2D eigenvalue weighted by Crippen LogP contribution is -3.00. The number of pyridine rings is 3. The molecular weight excluding hydrogens is 534 g/mol. The number of aromatic nitrogens is 3. The van der Waals surface area contributed by atoms with Crippen LogP contribution in [0.25, 0.3) is 18.6 Å². The van der Waals surface area contributed by atoms with Crippen LogP contribution >= 0.6 is 0 Å². The number of nitrogens with zero attached hydrogens (tertiary/aromatic N) is 3. The summed E-state index contributed by atoms with van der Waals surface area (Å²) in [4.78, 5) is 0. The molecule has 0 saturated carbocycles. The van der Waals surface area contributed by atoms with E-state index in [0.717, 1.165) is 0 Å². The lowest BCUT2D eigenvalue weighted by molar-refractivity contribution is -0.568. The molecule has 0 bridgehead atoms. The van der Waals surface area contributed by atoms with E-state index in [0.29, 0.717) is 0 Å². The van der Waals surface area contributed by atoms with Gasteiger partial charge in [-0.05, 0) is 19.7 Å². The minimum Gasteiger partial charge on any atom is -1.00 e.